The van der Waals surface area contributed by atoms with Gasteiger partial charge in [0.25, 0.3) is 5.56 Å². The number of nitrogens with zero attached hydrogens (tertiary/aromatic N) is 2. The van der Waals surface area contributed by atoms with Crippen molar-refractivity contribution in [3.05, 3.63) is 51.4 Å². The Morgan fingerprint density at radius 1 is 1.28 bits per heavy atom. The van der Waals surface area contributed by atoms with Gasteiger partial charge in [0.15, 0.2) is 0 Å². The summed E-state index contributed by atoms with van der Waals surface area (Å²) in [7, 11) is 1.56. The van der Waals surface area contributed by atoms with Crippen LogP contribution in [0.1, 0.15) is 35.1 Å². The topological polar surface area (TPSA) is 99.5 Å². The van der Waals surface area contributed by atoms with Crippen LogP contribution in [0.4, 0.5) is 5.69 Å². The molecule has 9 heteroatoms. The molecule has 0 aliphatic heterocycles. The van der Waals surface area contributed by atoms with Gasteiger partial charge in [-0.3, -0.25) is 14.2 Å². The highest BCUT2D eigenvalue weighted by atomic mass is 32.1. The zero-order valence-corrected chi connectivity index (χ0v) is 17.3. The number of hydrogen-bond acceptors (Lipinski definition) is 7. The number of fused-ring (bicyclic) bond motifs is 1. The minimum atomic E-state index is -0.799. The van der Waals surface area contributed by atoms with Gasteiger partial charge in [-0.2, -0.15) is 0 Å². The summed E-state index contributed by atoms with van der Waals surface area (Å²) in [6, 6.07) is 6.08. The molecule has 1 aromatic carbocycles. The van der Waals surface area contributed by atoms with E-state index < -0.39 is 12.0 Å². The fraction of sp³-hybridized carbons (Fsp3) is 0.300. The van der Waals surface area contributed by atoms with Crippen molar-refractivity contribution in [1.82, 2.24) is 9.55 Å². The molecule has 0 saturated carbocycles. The first-order valence-corrected chi connectivity index (χ1v) is 9.81. The maximum atomic E-state index is 13.0. The van der Waals surface area contributed by atoms with E-state index in [1.54, 1.807) is 52.1 Å². The Morgan fingerprint density at radius 2 is 1.97 bits per heavy atom. The Balaban J connectivity index is 1.91. The van der Waals surface area contributed by atoms with Crippen LogP contribution in [0.2, 0.25) is 0 Å². The fourth-order valence-electron chi connectivity index (χ4n) is 2.85. The molecule has 0 spiro atoms. The van der Waals surface area contributed by atoms with Crippen LogP contribution in [-0.4, -0.2) is 35.1 Å². The number of aryl methyl sites for hydroxylation is 1. The molecule has 152 valence electrons. The number of rotatable bonds is 6. The lowest BCUT2D eigenvalue weighted by molar-refractivity contribution is -0.118. The Hall–Kier alpha value is -3.20. The second-order valence-electron chi connectivity index (χ2n) is 6.31. The average Bonchev–Trinajstić information content (AvgIpc) is 3.06. The predicted octanol–water partition coefficient (Wildman–Crippen LogP) is 3.15. The van der Waals surface area contributed by atoms with E-state index in [0.717, 1.165) is 11.3 Å². The van der Waals surface area contributed by atoms with Crippen LogP contribution >= 0.6 is 11.3 Å². The lowest BCUT2D eigenvalue weighted by Gasteiger charge is -2.15. The van der Waals surface area contributed by atoms with E-state index in [2.05, 4.69) is 10.3 Å². The van der Waals surface area contributed by atoms with E-state index in [0.29, 0.717) is 32.1 Å². The molecule has 0 saturated heterocycles. The predicted molar refractivity (Wildman–Crippen MR) is 111 cm³/mol. The number of carbonyl (C=O) groups excluding carboxylic acids is 2. The molecule has 1 amide bonds. The van der Waals surface area contributed by atoms with Gasteiger partial charge in [0.05, 0.1) is 25.4 Å². The number of anilines is 1. The van der Waals surface area contributed by atoms with Gasteiger partial charge < -0.3 is 14.8 Å². The standard InChI is InChI=1S/C20H21N3O5S/c1-5-28-20(26)16-11(2)15-18(29-16)21-10-23(19(15)25)12(3)17(24)22-13-6-8-14(27-4)9-7-13/h6-10,12H,5H2,1-4H3,(H,22,24). The number of ether oxygens (including phenoxy) is 2. The van der Waals surface area contributed by atoms with Crippen molar-refractivity contribution in [2.24, 2.45) is 0 Å². The van der Waals surface area contributed by atoms with Crippen molar-refractivity contribution in [2.45, 2.75) is 26.8 Å². The molecule has 3 rings (SSSR count). The van der Waals surface area contributed by atoms with Crippen LogP contribution in [0.15, 0.2) is 35.4 Å². The molecule has 1 N–H and O–H groups in total. The third-order valence-electron chi connectivity index (χ3n) is 4.49. The molecule has 29 heavy (non-hydrogen) atoms. The number of aromatic nitrogens is 2. The summed E-state index contributed by atoms with van der Waals surface area (Å²) in [6.45, 7) is 5.25. The number of hydrogen-bond donors (Lipinski definition) is 1. The Kier molecular flexibility index (Phi) is 5.97. The monoisotopic (exact) mass is 415 g/mol. The van der Waals surface area contributed by atoms with Gasteiger partial charge in [-0.05, 0) is 50.6 Å². The van der Waals surface area contributed by atoms with E-state index in [9.17, 15) is 14.4 Å². The number of benzene rings is 1. The smallest absolute Gasteiger partial charge is 0.348 e. The van der Waals surface area contributed by atoms with E-state index >= 15 is 0 Å². The van der Waals surface area contributed by atoms with E-state index in [1.807, 2.05) is 0 Å². The molecular weight excluding hydrogens is 394 g/mol. The first-order valence-electron chi connectivity index (χ1n) is 8.99. The highest BCUT2D eigenvalue weighted by Gasteiger charge is 2.23. The van der Waals surface area contributed by atoms with Gasteiger partial charge in [-0.1, -0.05) is 0 Å². The van der Waals surface area contributed by atoms with Crippen LogP contribution in [0.3, 0.4) is 0 Å². The van der Waals surface area contributed by atoms with Gasteiger partial charge >= 0.3 is 5.97 Å². The van der Waals surface area contributed by atoms with E-state index in [1.165, 1.54) is 10.9 Å². The summed E-state index contributed by atoms with van der Waals surface area (Å²) in [5, 5.41) is 3.09. The van der Waals surface area contributed by atoms with E-state index in [4.69, 9.17) is 9.47 Å². The third kappa shape index (κ3) is 4.00. The number of methoxy groups -OCH3 is 1. The number of esters is 1. The lowest BCUT2D eigenvalue weighted by atomic mass is 10.2. The molecule has 1 atom stereocenters. The summed E-state index contributed by atoms with van der Waals surface area (Å²) in [5.41, 5.74) is 0.718. The van der Waals surface area contributed by atoms with Crippen LogP contribution < -0.4 is 15.6 Å². The molecule has 0 aliphatic carbocycles. The highest BCUT2D eigenvalue weighted by molar-refractivity contribution is 7.20. The SMILES string of the molecule is CCOC(=O)c1sc2ncn(C(C)C(=O)Nc3ccc(OC)cc3)c(=O)c2c1C. The number of amides is 1. The molecule has 8 nitrogen and oxygen atoms in total. The average molecular weight is 415 g/mol. The zero-order valence-electron chi connectivity index (χ0n) is 16.5. The molecule has 2 aromatic heterocycles. The second-order valence-corrected chi connectivity index (χ2v) is 7.31. The van der Waals surface area contributed by atoms with Gasteiger partial charge in [-0.25, -0.2) is 9.78 Å². The van der Waals surface area contributed by atoms with Crippen LogP contribution in [-0.2, 0) is 9.53 Å². The fourth-order valence-corrected chi connectivity index (χ4v) is 3.88. The molecule has 1 unspecified atom stereocenters. The lowest BCUT2D eigenvalue weighted by Crippen LogP contribution is -2.31. The Bertz CT molecular complexity index is 1120. The van der Waals surface area contributed by atoms with Gasteiger partial charge in [-0.15, -0.1) is 11.3 Å². The third-order valence-corrected chi connectivity index (χ3v) is 5.67. The molecule has 0 bridgehead atoms. The first-order chi connectivity index (χ1) is 13.9. The molecule has 0 fully saturated rings. The molecule has 3 aromatic rings. The van der Waals surface area contributed by atoms with Crippen molar-refractivity contribution < 1.29 is 19.1 Å². The molecule has 0 aliphatic rings. The maximum Gasteiger partial charge on any atom is 0.348 e. The molecule has 0 radical (unpaired) electrons. The summed E-state index contributed by atoms with van der Waals surface area (Å²) in [5.74, 6) is -0.173. The van der Waals surface area contributed by atoms with Crippen LogP contribution in [0.5, 0.6) is 5.75 Å². The molecule has 2 heterocycles. The van der Waals surface area contributed by atoms with Crippen molar-refractivity contribution in [3.8, 4) is 5.75 Å². The van der Waals surface area contributed by atoms with Crippen molar-refractivity contribution in [1.29, 1.82) is 0 Å². The largest absolute Gasteiger partial charge is 0.497 e. The summed E-state index contributed by atoms with van der Waals surface area (Å²) in [6.07, 6.45) is 1.33. The number of carbonyl (C=O) groups is 2. The van der Waals surface area contributed by atoms with E-state index in [-0.39, 0.29) is 18.1 Å². The summed E-state index contributed by atoms with van der Waals surface area (Å²) >= 11 is 1.11. The number of thiophene rings is 1. The highest BCUT2D eigenvalue weighted by Crippen LogP contribution is 2.28. The summed E-state index contributed by atoms with van der Waals surface area (Å²) in [4.78, 5) is 42.8. The van der Waals surface area contributed by atoms with Crippen LogP contribution in [0, 0.1) is 6.92 Å². The minimum Gasteiger partial charge on any atom is -0.497 e. The maximum absolute atomic E-state index is 13.0. The van der Waals surface area contributed by atoms with Crippen LogP contribution in [0.25, 0.3) is 10.2 Å². The van der Waals surface area contributed by atoms with Gasteiger partial charge in [0, 0.05) is 5.69 Å². The van der Waals surface area contributed by atoms with Crippen molar-refractivity contribution in [2.75, 3.05) is 19.0 Å². The Labute approximate surface area is 171 Å². The van der Waals surface area contributed by atoms with Gasteiger partial charge in [0.2, 0.25) is 5.91 Å². The van der Waals surface area contributed by atoms with Gasteiger partial charge in [0.1, 0.15) is 21.5 Å². The Morgan fingerprint density at radius 3 is 2.59 bits per heavy atom. The van der Waals surface area contributed by atoms with Crippen molar-refractivity contribution in [3.63, 3.8) is 0 Å². The summed E-state index contributed by atoms with van der Waals surface area (Å²) < 4.78 is 11.4. The zero-order chi connectivity index (χ0) is 21.1. The van der Waals surface area contributed by atoms with Crippen molar-refractivity contribution >= 4 is 39.1 Å². The quantitative estimate of drug-likeness (QED) is 0.621. The second kappa shape index (κ2) is 8.44. The normalized spacial score (nSPS) is 11.9. The molecular formula is C20H21N3O5S. The first kappa shape index (κ1) is 20.5. The number of nitrogens with one attached hydrogen (secondary N) is 1. The minimum absolute atomic E-state index is 0.243.